The Morgan fingerprint density at radius 3 is 2.41 bits per heavy atom. The summed E-state index contributed by atoms with van der Waals surface area (Å²) in [5, 5.41) is 2.07. The summed E-state index contributed by atoms with van der Waals surface area (Å²) in [7, 11) is 0. The molecule has 2 aromatic heterocycles. The van der Waals surface area contributed by atoms with Crippen molar-refractivity contribution in [1.29, 1.82) is 0 Å². The lowest BCUT2D eigenvalue weighted by Crippen LogP contribution is -2.45. The van der Waals surface area contributed by atoms with Crippen molar-refractivity contribution in [3.63, 3.8) is 0 Å². The van der Waals surface area contributed by atoms with Crippen molar-refractivity contribution in [3.05, 3.63) is 23.2 Å². The van der Waals surface area contributed by atoms with Crippen molar-refractivity contribution in [2.24, 2.45) is 5.92 Å². The van der Waals surface area contributed by atoms with Crippen LogP contribution in [0.4, 0.5) is 0 Å². The number of likely N-dealkylation sites (tertiary alicyclic amines) is 2. The molecule has 4 rings (SSSR count). The standard InChI is InChI=1S/C21H29N3O2S/c1-2-24-17-9-14-27-19(17)15-18(24)21(26)23-12-7-16(8-13-23)20(25)22-10-5-3-4-6-11-22/h9,14-16H,2-8,10-13H2,1H3. The highest BCUT2D eigenvalue weighted by atomic mass is 32.1. The smallest absolute Gasteiger partial charge is 0.270 e. The van der Waals surface area contributed by atoms with Gasteiger partial charge in [0.2, 0.25) is 5.91 Å². The van der Waals surface area contributed by atoms with Crippen molar-refractivity contribution in [2.75, 3.05) is 26.2 Å². The molecule has 5 nitrogen and oxygen atoms in total. The van der Waals surface area contributed by atoms with Crippen LogP contribution in [0, 0.1) is 5.92 Å². The normalized spacial score (nSPS) is 19.4. The number of nitrogens with zero attached hydrogens (tertiary/aromatic N) is 3. The van der Waals surface area contributed by atoms with Gasteiger partial charge in [-0.05, 0) is 50.1 Å². The molecule has 0 radical (unpaired) electrons. The van der Waals surface area contributed by atoms with E-state index in [9.17, 15) is 9.59 Å². The lowest BCUT2D eigenvalue weighted by Gasteiger charge is -2.34. The molecule has 2 aliphatic rings. The maximum absolute atomic E-state index is 13.1. The van der Waals surface area contributed by atoms with Crippen LogP contribution in [0.25, 0.3) is 10.2 Å². The Bertz CT molecular complexity index is 809. The number of hydrogen-bond acceptors (Lipinski definition) is 3. The van der Waals surface area contributed by atoms with Gasteiger partial charge in [0, 0.05) is 38.6 Å². The number of hydrogen-bond donors (Lipinski definition) is 0. The molecule has 0 aliphatic carbocycles. The first-order valence-electron chi connectivity index (χ1n) is 10.3. The van der Waals surface area contributed by atoms with E-state index >= 15 is 0 Å². The van der Waals surface area contributed by atoms with Gasteiger partial charge in [0.05, 0.1) is 10.2 Å². The molecule has 27 heavy (non-hydrogen) atoms. The van der Waals surface area contributed by atoms with Crippen LogP contribution in [0.15, 0.2) is 17.5 Å². The molecular formula is C21H29N3O2S. The molecule has 6 heteroatoms. The maximum atomic E-state index is 13.1. The minimum atomic E-state index is 0.0913. The second-order valence-corrected chi connectivity index (χ2v) is 8.70. The lowest BCUT2D eigenvalue weighted by atomic mass is 9.95. The zero-order chi connectivity index (χ0) is 18.8. The van der Waals surface area contributed by atoms with E-state index in [1.54, 1.807) is 11.3 Å². The number of rotatable bonds is 3. The van der Waals surface area contributed by atoms with Crippen molar-refractivity contribution in [3.8, 4) is 0 Å². The second kappa shape index (κ2) is 8.05. The Kier molecular flexibility index (Phi) is 5.53. The zero-order valence-electron chi connectivity index (χ0n) is 16.2. The first kappa shape index (κ1) is 18.5. The van der Waals surface area contributed by atoms with Crippen LogP contribution in [0.3, 0.4) is 0 Å². The molecule has 0 N–H and O–H groups in total. The molecule has 2 saturated heterocycles. The first-order valence-corrected chi connectivity index (χ1v) is 11.2. The van der Waals surface area contributed by atoms with E-state index in [0.29, 0.717) is 19.0 Å². The van der Waals surface area contributed by atoms with Gasteiger partial charge >= 0.3 is 0 Å². The Morgan fingerprint density at radius 2 is 1.74 bits per heavy atom. The predicted molar refractivity (Wildman–Crippen MR) is 109 cm³/mol. The van der Waals surface area contributed by atoms with E-state index in [4.69, 9.17) is 0 Å². The van der Waals surface area contributed by atoms with Gasteiger partial charge in [-0.3, -0.25) is 9.59 Å². The third-order valence-electron chi connectivity index (χ3n) is 6.11. The largest absolute Gasteiger partial charge is 0.342 e. The van der Waals surface area contributed by atoms with Gasteiger partial charge in [-0.1, -0.05) is 12.8 Å². The topological polar surface area (TPSA) is 45.6 Å². The molecule has 0 unspecified atom stereocenters. The van der Waals surface area contributed by atoms with E-state index in [1.165, 1.54) is 17.5 Å². The number of piperidine rings is 1. The summed E-state index contributed by atoms with van der Waals surface area (Å²) in [4.78, 5) is 30.0. The molecule has 146 valence electrons. The quantitative estimate of drug-likeness (QED) is 0.800. The van der Waals surface area contributed by atoms with Crippen LogP contribution in [0.1, 0.15) is 55.9 Å². The minimum Gasteiger partial charge on any atom is -0.342 e. The van der Waals surface area contributed by atoms with E-state index < -0.39 is 0 Å². The molecule has 2 aliphatic heterocycles. The van der Waals surface area contributed by atoms with Crippen molar-refractivity contribution >= 4 is 33.4 Å². The number of carbonyl (C=O) groups excluding carboxylic acids is 2. The number of amides is 2. The predicted octanol–water partition coefficient (Wildman–Crippen LogP) is 3.98. The molecule has 2 amide bonds. The molecule has 0 spiro atoms. The van der Waals surface area contributed by atoms with Crippen LogP contribution < -0.4 is 0 Å². The van der Waals surface area contributed by atoms with Gasteiger partial charge in [0.1, 0.15) is 5.69 Å². The number of aromatic nitrogens is 1. The van der Waals surface area contributed by atoms with Gasteiger partial charge in [-0.25, -0.2) is 0 Å². The third kappa shape index (κ3) is 3.64. The summed E-state index contributed by atoms with van der Waals surface area (Å²) >= 11 is 1.68. The van der Waals surface area contributed by atoms with Gasteiger partial charge in [0.25, 0.3) is 5.91 Å². The summed E-state index contributed by atoms with van der Waals surface area (Å²) in [5.41, 5.74) is 1.94. The fourth-order valence-corrected chi connectivity index (χ4v) is 5.36. The molecule has 0 bridgehead atoms. The monoisotopic (exact) mass is 387 g/mol. The fraction of sp³-hybridized carbons (Fsp3) is 0.619. The highest BCUT2D eigenvalue weighted by Gasteiger charge is 2.31. The highest BCUT2D eigenvalue weighted by Crippen LogP contribution is 2.28. The lowest BCUT2D eigenvalue weighted by molar-refractivity contribution is -0.136. The number of aryl methyl sites for hydroxylation is 1. The zero-order valence-corrected chi connectivity index (χ0v) is 17.0. The van der Waals surface area contributed by atoms with E-state index in [0.717, 1.165) is 56.5 Å². The molecule has 2 aromatic rings. The van der Waals surface area contributed by atoms with Crippen LogP contribution in [0.5, 0.6) is 0 Å². The van der Waals surface area contributed by atoms with Gasteiger partial charge in [-0.15, -0.1) is 11.3 Å². The number of fused-ring (bicyclic) bond motifs is 1. The van der Waals surface area contributed by atoms with Crippen LogP contribution >= 0.6 is 11.3 Å². The maximum Gasteiger partial charge on any atom is 0.270 e. The van der Waals surface area contributed by atoms with Crippen molar-refractivity contribution < 1.29 is 9.59 Å². The van der Waals surface area contributed by atoms with Crippen LogP contribution in [-0.2, 0) is 11.3 Å². The average molecular weight is 388 g/mol. The molecule has 4 heterocycles. The Hall–Kier alpha value is -1.82. The minimum absolute atomic E-state index is 0.0913. The van der Waals surface area contributed by atoms with E-state index in [-0.39, 0.29) is 11.8 Å². The van der Waals surface area contributed by atoms with Crippen molar-refractivity contribution in [1.82, 2.24) is 14.4 Å². The number of thiophene rings is 1. The summed E-state index contributed by atoms with van der Waals surface area (Å²) in [6, 6.07) is 4.12. The first-order chi connectivity index (χ1) is 13.2. The Labute approximate surface area is 164 Å². The Morgan fingerprint density at radius 1 is 1.04 bits per heavy atom. The second-order valence-electron chi connectivity index (χ2n) is 7.75. The average Bonchev–Trinajstić information content (AvgIpc) is 3.17. The molecule has 0 aromatic carbocycles. The van der Waals surface area contributed by atoms with Gasteiger partial charge < -0.3 is 14.4 Å². The molecule has 2 fully saturated rings. The van der Waals surface area contributed by atoms with Crippen molar-refractivity contribution in [2.45, 2.75) is 52.0 Å². The highest BCUT2D eigenvalue weighted by molar-refractivity contribution is 7.17. The summed E-state index contributed by atoms with van der Waals surface area (Å²) < 4.78 is 3.29. The molecule has 0 atom stereocenters. The summed E-state index contributed by atoms with van der Waals surface area (Å²) in [6.07, 6.45) is 6.34. The van der Waals surface area contributed by atoms with Gasteiger partial charge in [-0.2, -0.15) is 0 Å². The SMILES string of the molecule is CCn1c(C(=O)N2CCC(C(=O)N3CCCCCC3)CC2)cc2sccc21. The van der Waals surface area contributed by atoms with Gasteiger partial charge in [0.15, 0.2) is 0 Å². The Balaban J connectivity index is 1.40. The molecule has 0 saturated carbocycles. The number of carbonyl (C=O) groups is 2. The van der Waals surface area contributed by atoms with Crippen LogP contribution in [0.2, 0.25) is 0 Å². The van der Waals surface area contributed by atoms with Crippen LogP contribution in [-0.4, -0.2) is 52.4 Å². The molecular weight excluding hydrogens is 358 g/mol. The summed E-state index contributed by atoms with van der Waals surface area (Å²) in [5.74, 6) is 0.524. The van der Waals surface area contributed by atoms with E-state index in [2.05, 4.69) is 27.8 Å². The third-order valence-corrected chi connectivity index (χ3v) is 6.96. The van der Waals surface area contributed by atoms with E-state index in [1.807, 2.05) is 11.0 Å². The fourth-order valence-electron chi connectivity index (χ4n) is 4.54. The summed E-state index contributed by atoms with van der Waals surface area (Å²) in [6.45, 7) is 6.08.